The summed E-state index contributed by atoms with van der Waals surface area (Å²) in [5, 5.41) is 5.33. The minimum absolute atomic E-state index is 0.217. The molecule has 0 spiro atoms. The van der Waals surface area contributed by atoms with Crippen LogP contribution in [0.4, 0.5) is 4.39 Å². The van der Waals surface area contributed by atoms with Crippen molar-refractivity contribution in [3.05, 3.63) is 76.3 Å². The van der Waals surface area contributed by atoms with Gasteiger partial charge in [0.15, 0.2) is 0 Å². The zero-order valence-corrected chi connectivity index (χ0v) is 13.1. The quantitative estimate of drug-likeness (QED) is 0.759. The van der Waals surface area contributed by atoms with Crippen molar-refractivity contribution in [2.24, 2.45) is 0 Å². The molecule has 0 radical (unpaired) electrons. The Morgan fingerprint density at radius 3 is 2.76 bits per heavy atom. The van der Waals surface area contributed by atoms with Gasteiger partial charge in [0, 0.05) is 27.8 Å². The first-order valence-electron chi connectivity index (χ1n) is 6.65. The van der Waals surface area contributed by atoms with Crippen LogP contribution in [0, 0.1) is 5.82 Å². The minimum atomic E-state index is -0.232. The number of nitrogens with one attached hydrogen (secondary N) is 1. The molecule has 1 aromatic heterocycles. The van der Waals surface area contributed by atoms with Crippen molar-refractivity contribution in [3.8, 4) is 0 Å². The van der Waals surface area contributed by atoms with Crippen molar-refractivity contribution in [1.82, 2.24) is 10.3 Å². The van der Waals surface area contributed by atoms with Crippen molar-refractivity contribution in [3.63, 3.8) is 0 Å². The maximum absolute atomic E-state index is 14.3. The lowest BCUT2D eigenvalue weighted by Crippen LogP contribution is -2.19. The van der Waals surface area contributed by atoms with Crippen molar-refractivity contribution in [2.45, 2.75) is 6.04 Å². The third-order valence-electron chi connectivity index (χ3n) is 3.59. The van der Waals surface area contributed by atoms with E-state index < -0.39 is 0 Å². The largest absolute Gasteiger partial charge is 0.309 e. The van der Waals surface area contributed by atoms with Crippen LogP contribution < -0.4 is 5.32 Å². The molecule has 3 rings (SSSR count). The number of rotatable bonds is 3. The lowest BCUT2D eigenvalue weighted by atomic mass is 9.94. The fraction of sp³-hybridized carbons (Fsp3) is 0.118. The van der Waals surface area contributed by atoms with Crippen LogP contribution in [0.25, 0.3) is 10.8 Å². The molecule has 0 amide bonds. The predicted octanol–water partition coefficient (Wildman–Crippen LogP) is 4.45. The van der Waals surface area contributed by atoms with Crippen LogP contribution in [0.3, 0.4) is 0 Å². The highest BCUT2D eigenvalue weighted by Gasteiger charge is 2.18. The second-order valence-electron chi connectivity index (χ2n) is 4.83. The summed E-state index contributed by atoms with van der Waals surface area (Å²) in [6.45, 7) is 0. The molecule has 1 N–H and O–H groups in total. The van der Waals surface area contributed by atoms with E-state index in [2.05, 4.69) is 26.2 Å². The van der Waals surface area contributed by atoms with Gasteiger partial charge < -0.3 is 5.32 Å². The van der Waals surface area contributed by atoms with Crippen LogP contribution in [-0.2, 0) is 0 Å². The molecule has 106 valence electrons. The van der Waals surface area contributed by atoms with Crippen LogP contribution in [0.2, 0.25) is 0 Å². The SMILES string of the molecule is CNC(c1ccc(Br)cc1F)c1cccc2ccncc12. The molecule has 3 aromatic rings. The third kappa shape index (κ3) is 2.69. The van der Waals surface area contributed by atoms with Crippen molar-refractivity contribution >= 4 is 26.7 Å². The van der Waals surface area contributed by atoms with Gasteiger partial charge in [0.2, 0.25) is 0 Å². The Kier molecular flexibility index (Phi) is 3.99. The lowest BCUT2D eigenvalue weighted by Gasteiger charge is -2.20. The molecule has 0 saturated heterocycles. The highest BCUT2D eigenvalue weighted by atomic mass is 79.9. The summed E-state index contributed by atoms with van der Waals surface area (Å²) < 4.78 is 15.0. The molecule has 0 aliphatic heterocycles. The number of halogens is 2. The van der Waals surface area contributed by atoms with E-state index in [9.17, 15) is 4.39 Å². The monoisotopic (exact) mass is 344 g/mol. The van der Waals surface area contributed by atoms with Gasteiger partial charge in [-0.2, -0.15) is 0 Å². The Bertz CT molecular complexity index is 783. The fourth-order valence-electron chi connectivity index (χ4n) is 2.60. The number of hydrogen-bond donors (Lipinski definition) is 1. The summed E-state index contributed by atoms with van der Waals surface area (Å²) in [5.74, 6) is -0.232. The molecule has 4 heteroatoms. The van der Waals surface area contributed by atoms with Gasteiger partial charge in [0.25, 0.3) is 0 Å². The molecule has 0 saturated carbocycles. The first-order chi connectivity index (χ1) is 10.2. The summed E-state index contributed by atoms with van der Waals surface area (Å²) in [7, 11) is 1.83. The highest BCUT2D eigenvalue weighted by molar-refractivity contribution is 9.10. The van der Waals surface area contributed by atoms with E-state index in [1.807, 2.05) is 43.6 Å². The molecule has 0 aliphatic carbocycles. The summed E-state index contributed by atoms with van der Waals surface area (Å²) >= 11 is 3.29. The molecule has 1 heterocycles. The number of aromatic nitrogens is 1. The topological polar surface area (TPSA) is 24.9 Å². The molecular weight excluding hydrogens is 331 g/mol. The number of fused-ring (bicyclic) bond motifs is 1. The van der Waals surface area contributed by atoms with E-state index in [0.29, 0.717) is 5.56 Å². The van der Waals surface area contributed by atoms with E-state index in [-0.39, 0.29) is 11.9 Å². The standard InChI is InChI=1S/C17H14BrFN2/c1-20-17(14-6-5-12(18)9-16(14)19)13-4-2-3-11-7-8-21-10-15(11)13/h2-10,17,20H,1H3. The van der Waals surface area contributed by atoms with E-state index in [1.165, 1.54) is 6.07 Å². The van der Waals surface area contributed by atoms with E-state index in [4.69, 9.17) is 0 Å². The second kappa shape index (κ2) is 5.92. The normalized spacial score (nSPS) is 12.5. The first-order valence-corrected chi connectivity index (χ1v) is 7.45. The Morgan fingerprint density at radius 1 is 1.14 bits per heavy atom. The molecule has 0 bridgehead atoms. The molecule has 21 heavy (non-hydrogen) atoms. The average Bonchev–Trinajstić information content (AvgIpc) is 2.50. The van der Waals surface area contributed by atoms with Gasteiger partial charge in [-0.05, 0) is 36.2 Å². The summed E-state index contributed by atoms with van der Waals surface area (Å²) in [6.07, 6.45) is 3.59. The van der Waals surface area contributed by atoms with Crippen molar-refractivity contribution in [1.29, 1.82) is 0 Å². The second-order valence-corrected chi connectivity index (χ2v) is 5.75. The van der Waals surface area contributed by atoms with E-state index in [1.54, 1.807) is 12.3 Å². The molecule has 2 nitrogen and oxygen atoms in total. The van der Waals surface area contributed by atoms with Gasteiger partial charge in [0.05, 0.1) is 6.04 Å². The lowest BCUT2D eigenvalue weighted by molar-refractivity contribution is 0.577. The number of pyridine rings is 1. The van der Waals surface area contributed by atoms with Gasteiger partial charge in [-0.25, -0.2) is 4.39 Å². The Balaban J connectivity index is 2.18. The molecule has 0 aliphatic rings. The number of nitrogens with zero attached hydrogens (tertiary/aromatic N) is 1. The Morgan fingerprint density at radius 2 is 2.00 bits per heavy atom. The van der Waals surface area contributed by atoms with Crippen LogP contribution in [0.5, 0.6) is 0 Å². The van der Waals surface area contributed by atoms with Gasteiger partial charge in [-0.3, -0.25) is 4.98 Å². The van der Waals surface area contributed by atoms with E-state index in [0.717, 1.165) is 20.8 Å². The minimum Gasteiger partial charge on any atom is -0.309 e. The first kappa shape index (κ1) is 14.2. The zero-order chi connectivity index (χ0) is 14.8. The maximum atomic E-state index is 14.3. The van der Waals surface area contributed by atoms with E-state index >= 15 is 0 Å². The number of hydrogen-bond acceptors (Lipinski definition) is 2. The zero-order valence-electron chi connectivity index (χ0n) is 11.5. The molecule has 1 unspecified atom stereocenters. The maximum Gasteiger partial charge on any atom is 0.129 e. The smallest absolute Gasteiger partial charge is 0.129 e. The fourth-order valence-corrected chi connectivity index (χ4v) is 2.94. The van der Waals surface area contributed by atoms with Gasteiger partial charge in [0.1, 0.15) is 5.82 Å². The van der Waals surface area contributed by atoms with Crippen LogP contribution in [0.15, 0.2) is 59.3 Å². The van der Waals surface area contributed by atoms with Crippen LogP contribution in [-0.4, -0.2) is 12.0 Å². The molecule has 0 fully saturated rings. The predicted molar refractivity (Wildman–Crippen MR) is 86.7 cm³/mol. The molecule has 2 aromatic carbocycles. The summed E-state index contributed by atoms with van der Waals surface area (Å²) in [6, 6.07) is 12.9. The van der Waals surface area contributed by atoms with Gasteiger partial charge in [-0.1, -0.05) is 40.2 Å². The Hall–Kier alpha value is -1.78. The Labute approximate surface area is 131 Å². The number of benzene rings is 2. The van der Waals surface area contributed by atoms with Gasteiger partial charge >= 0.3 is 0 Å². The molecule has 1 atom stereocenters. The van der Waals surface area contributed by atoms with Gasteiger partial charge in [-0.15, -0.1) is 0 Å². The average molecular weight is 345 g/mol. The van der Waals surface area contributed by atoms with Crippen LogP contribution >= 0.6 is 15.9 Å². The van der Waals surface area contributed by atoms with Crippen molar-refractivity contribution < 1.29 is 4.39 Å². The summed E-state index contributed by atoms with van der Waals surface area (Å²) in [5.41, 5.74) is 1.64. The van der Waals surface area contributed by atoms with Crippen LogP contribution in [0.1, 0.15) is 17.2 Å². The third-order valence-corrected chi connectivity index (χ3v) is 4.08. The summed E-state index contributed by atoms with van der Waals surface area (Å²) in [4.78, 5) is 4.19. The highest BCUT2D eigenvalue weighted by Crippen LogP contribution is 2.30. The molecular formula is C17H14BrFN2. The van der Waals surface area contributed by atoms with Crippen molar-refractivity contribution in [2.75, 3.05) is 7.05 Å².